The molecule has 3 N–H and O–H groups in total. The molecule has 19 heavy (non-hydrogen) atoms. The summed E-state index contributed by atoms with van der Waals surface area (Å²) in [6, 6.07) is 6.83. The van der Waals surface area contributed by atoms with Gasteiger partial charge in [-0.3, -0.25) is 9.71 Å². The van der Waals surface area contributed by atoms with E-state index in [1.807, 2.05) is 6.92 Å². The number of nitrogens with one attached hydrogen (secondary N) is 1. The van der Waals surface area contributed by atoms with Gasteiger partial charge in [-0.2, -0.15) is 0 Å². The van der Waals surface area contributed by atoms with Crippen LogP contribution in [0.5, 0.6) is 0 Å². The van der Waals surface area contributed by atoms with Crippen LogP contribution >= 0.6 is 11.3 Å². The molecule has 2 aromatic rings. The third-order valence-electron chi connectivity index (χ3n) is 2.46. The quantitative estimate of drug-likeness (QED) is 0.880. The Morgan fingerprint density at radius 3 is 2.74 bits per heavy atom. The lowest BCUT2D eigenvalue weighted by molar-refractivity contribution is 0.603. The van der Waals surface area contributed by atoms with Crippen LogP contribution < -0.4 is 10.5 Å². The SMILES string of the molecule is Cc1ccc(NS(=O)(=O)c2ccc(CCN)s2)cn1. The molecule has 2 rings (SSSR count). The Morgan fingerprint density at radius 1 is 1.32 bits per heavy atom. The van der Waals surface area contributed by atoms with Crippen LogP contribution in [0.25, 0.3) is 0 Å². The van der Waals surface area contributed by atoms with Crippen molar-refractivity contribution in [2.24, 2.45) is 5.73 Å². The molecule has 0 radical (unpaired) electrons. The van der Waals surface area contributed by atoms with E-state index >= 15 is 0 Å². The first-order valence-electron chi connectivity index (χ1n) is 5.75. The van der Waals surface area contributed by atoms with E-state index in [2.05, 4.69) is 9.71 Å². The Hall–Kier alpha value is -1.44. The lowest BCUT2D eigenvalue weighted by Crippen LogP contribution is -2.11. The molecule has 0 amide bonds. The highest BCUT2D eigenvalue weighted by molar-refractivity contribution is 7.94. The van der Waals surface area contributed by atoms with E-state index in [4.69, 9.17) is 5.73 Å². The normalized spacial score (nSPS) is 11.5. The predicted molar refractivity (Wildman–Crippen MR) is 76.9 cm³/mol. The van der Waals surface area contributed by atoms with Gasteiger partial charge in [0, 0.05) is 10.6 Å². The first-order chi connectivity index (χ1) is 9.01. The number of hydrogen-bond acceptors (Lipinski definition) is 5. The van der Waals surface area contributed by atoms with E-state index in [-0.39, 0.29) is 4.21 Å². The molecular formula is C12H15N3O2S2. The minimum Gasteiger partial charge on any atom is -0.330 e. The standard InChI is InChI=1S/C12H15N3O2S2/c1-9-2-3-10(8-14-9)15-19(16,17)12-5-4-11(18-12)6-7-13/h2-5,8,15H,6-7,13H2,1H3. The van der Waals surface area contributed by atoms with Crippen LogP contribution in [0.4, 0.5) is 5.69 Å². The molecule has 0 spiro atoms. The fourth-order valence-corrected chi connectivity index (χ4v) is 3.93. The summed E-state index contributed by atoms with van der Waals surface area (Å²) in [6.45, 7) is 2.35. The number of nitrogens with two attached hydrogens (primary N) is 1. The Morgan fingerprint density at radius 2 is 2.11 bits per heavy atom. The van der Waals surface area contributed by atoms with Gasteiger partial charge in [-0.15, -0.1) is 11.3 Å². The Balaban J connectivity index is 2.19. The maximum atomic E-state index is 12.1. The monoisotopic (exact) mass is 297 g/mol. The first-order valence-corrected chi connectivity index (χ1v) is 8.05. The maximum Gasteiger partial charge on any atom is 0.271 e. The van der Waals surface area contributed by atoms with Crippen molar-refractivity contribution in [3.63, 3.8) is 0 Å². The molecule has 5 nitrogen and oxygen atoms in total. The molecule has 0 saturated carbocycles. The topological polar surface area (TPSA) is 85.1 Å². The van der Waals surface area contributed by atoms with E-state index in [1.54, 1.807) is 24.3 Å². The number of thiophene rings is 1. The van der Waals surface area contributed by atoms with Crippen molar-refractivity contribution in [3.05, 3.63) is 41.0 Å². The summed E-state index contributed by atoms with van der Waals surface area (Å²) >= 11 is 1.24. The second-order valence-corrected chi connectivity index (χ2v) is 7.13. The zero-order valence-electron chi connectivity index (χ0n) is 10.5. The average Bonchev–Trinajstić information content (AvgIpc) is 2.82. The zero-order chi connectivity index (χ0) is 13.9. The number of anilines is 1. The van der Waals surface area contributed by atoms with Crippen molar-refractivity contribution >= 4 is 27.0 Å². The fraction of sp³-hybridized carbons (Fsp3) is 0.250. The van der Waals surface area contributed by atoms with Gasteiger partial charge in [-0.1, -0.05) is 0 Å². The molecule has 0 aliphatic carbocycles. The molecule has 0 saturated heterocycles. The molecule has 0 atom stereocenters. The first kappa shape index (κ1) is 14.0. The summed E-state index contributed by atoms with van der Waals surface area (Å²) in [5.74, 6) is 0. The summed E-state index contributed by atoms with van der Waals surface area (Å²) < 4.78 is 27.1. The molecule has 0 aliphatic rings. The second-order valence-electron chi connectivity index (χ2n) is 4.05. The van der Waals surface area contributed by atoms with Gasteiger partial charge in [0.2, 0.25) is 0 Å². The molecule has 0 unspecified atom stereocenters. The highest BCUT2D eigenvalue weighted by Gasteiger charge is 2.16. The van der Waals surface area contributed by atoms with Crippen LogP contribution in [0.2, 0.25) is 0 Å². The third kappa shape index (κ3) is 3.52. The number of rotatable bonds is 5. The maximum absolute atomic E-state index is 12.1. The van der Waals surface area contributed by atoms with Crippen molar-refractivity contribution in [3.8, 4) is 0 Å². The molecule has 2 aromatic heterocycles. The van der Waals surface area contributed by atoms with E-state index in [0.717, 1.165) is 10.6 Å². The van der Waals surface area contributed by atoms with Crippen LogP contribution in [0.1, 0.15) is 10.6 Å². The Kier molecular flexibility index (Phi) is 4.18. The van der Waals surface area contributed by atoms with E-state index in [9.17, 15) is 8.42 Å². The van der Waals surface area contributed by atoms with Gasteiger partial charge in [0.1, 0.15) is 4.21 Å². The number of nitrogens with zero attached hydrogens (tertiary/aromatic N) is 1. The number of aryl methyl sites for hydroxylation is 1. The highest BCUT2D eigenvalue weighted by atomic mass is 32.2. The molecule has 0 bridgehead atoms. The van der Waals surface area contributed by atoms with Crippen molar-refractivity contribution in [2.45, 2.75) is 17.6 Å². The molecular weight excluding hydrogens is 282 g/mol. The number of sulfonamides is 1. The van der Waals surface area contributed by atoms with Gasteiger partial charge >= 0.3 is 0 Å². The van der Waals surface area contributed by atoms with E-state index < -0.39 is 10.0 Å². The minimum absolute atomic E-state index is 0.288. The van der Waals surface area contributed by atoms with Gasteiger partial charge in [0.25, 0.3) is 10.0 Å². The van der Waals surface area contributed by atoms with Gasteiger partial charge in [0.15, 0.2) is 0 Å². The lowest BCUT2D eigenvalue weighted by Gasteiger charge is -2.05. The van der Waals surface area contributed by atoms with Crippen LogP contribution in [0.15, 0.2) is 34.7 Å². The number of aromatic nitrogens is 1. The summed E-state index contributed by atoms with van der Waals surface area (Å²) in [5.41, 5.74) is 6.74. The highest BCUT2D eigenvalue weighted by Crippen LogP contribution is 2.24. The van der Waals surface area contributed by atoms with Crippen molar-refractivity contribution in [1.82, 2.24) is 4.98 Å². The van der Waals surface area contributed by atoms with E-state index in [0.29, 0.717) is 18.7 Å². The molecule has 102 valence electrons. The molecule has 2 heterocycles. The average molecular weight is 297 g/mol. The minimum atomic E-state index is -3.54. The summed E-state index contributed by atoms with van der Waals surface area (Å²) in [7, 11) is -3.54. The zero-order valence-corrected chi connectivity index (χ0v) is 12.1. The third-order valence-corrected chi connectivity index (χ3v) is 5.47. The molecule has 0 aromatic carbocycles. The predicted octanol–water partition coefficient (Wildman–Crippen LogP) is 1.75. The van der Waals surface area contributed by atoms with Gasteiger partial charge in [-0.05, 0) is 44.2 Å². The van der Waals surface area contributed by atoms with Crippen LogP contribution in [-0.4, -0.2) is 19.9 Å². The summed E-state index contributed by atoms with van der Waals surface area (Å²) in [6.07, 6.45) is 2.19. The largest absolute Gasteiger partial charge is 0.330 e. The Labute approximate surface area is 116 Å². The summed E-state index contributed by atoms with van der Waals surface area (Å²) in [5, 5.41) is 0. The van der Waals surface area contributed by atoms with Crippen molar-refractivity contribution in [1.29, 1.82) is 0 Å². The molecule has 0 aliphatic heterocycles. The smallest absolute Gasteiger partial charge is 0.271 e. The van der Waals surface area contributed by atoms with Gasteiger partial charge < -0.3 is 5.73 Å². The van der Waals surface area contributed by atoms with Crippen molar-refractivity contribution < 1.29 is 8.42 Å². The van der Waals surface area contributed by atoms with Crippen LogP contribution in [-0.2, 0) is 16.4 Å². The second kappa shape index (κ2) is 5.68. The molecule has 0 fully saturated rings. The van der Waals surface area contributed by atoms with Crippen LogP contribution in [0.3, 0.4) is 0 Å². The lowest BCUT2D eigenvalue weighted by atomic mass is 10.3. The van der Waals surface area contributed by atoms with Gasteiger partial charge in [-0.25, -0.2) is 8.42 Å². The van der Waals surface area contributed by atoms with Gasteiger partial charge in [0.05, 0.1) is 11.9 Å². The van der Waals surface area contributed by atoms with Crippen molar-refractivity contribution in [2.75, 3.05) is 11.3 Å². The fourth-order valence-electron chi connectivity index (χ4n) is 1.51. The van der Waals surface area contributed by atoms with Crippen LogP contribution in [0, 0.1) is 6.92 Å². The number of hydrogen-bond donors (Lipinski definition) is 2. The van der Waals surface area contributed by atoms with E-state index in [1.165, 1.54) is 17.5 Å². The number of pyridine rings is 1. The summed E-state index contributed by atoms with van der Waals surface area (Å²) in [4.78, 5) is 5.01. The molecule has 7 heteroatoms. The Bertz CT molecular complexity index is 648.